The van der Waals surface area contributed by atoms with E-state index >= 15 is 0 Å². The highest BCUT2D eigenvalue weighted by molar-refractivity contribution is 7.64. The van der Waals surface area contributed by atoms with Crippen LogP contribution in [0.2, 0.25) is 27.3 Å². The number of hydrogen-bond acceptors (Lipinski definition) is 0. The molecule has 8 heavy (non-hydrogen) atoms. The van der Waals surface area contributed by atoms with Crippen molar-refractivity contribution in [1.82, 2.24) is 0 Å². The third kappa shape index (κ3) is 2.54. The Balaban J connectivity index is 3.46. The van der Waals surface area contributed by atoms with E-state index < -0.39 is 0 Å². The summed E-state index contributed by atoms with van der Waals surface area (Å²) in [6.45, 7) is 9.87. The molecule has 0 spiro atoms. The summed E-state index contributed by atoms with van der Waals surface area (Å²) in [5.74, 6) is 0. The first-order valence-electron chi connectivity index (χ1n) is 3.31. The highest BCUT2D eigenvalue weighted by Gasteiger charge is 2.17. The Morgan fingerprint density at radius 1 is 0.875 bits per heavy atom. The van der Waals surface area contributed by atoms with Gasteiger partial charge in [-0.2, -0.15) is 0 Å². The Labute approximate surface area is 55.4 Å². The zero-order valence-electron chi connectivity index (χ0n) is 6.31. The molecule has 0 N–H and O–H groups in total. The van der Waals surface area contributed by atoms with E-state index in [9.17, 15) is 0 Å². The van der Waals surface area contributed by atoms with Crippen LogP contribution in [0.25, 0.3) is 0 Å². The molecule has 0 bridgehead atoms. The molecule has 0 aliphatic carbocycles. The van der Waals surface area contributed by atoms with Crippen molar-refractivity contribution in [3.05, 3.63) is 0 Å². The molecule has 0 atom stereocenters. The first-order valence-corrected chi connectivity index (χ1v) is 3.31. The van der Waals surface area contributed by atoms with Gasteiger partial charge in [-0.3, -0.25) is 0 Å². The summed E-state index contributed by atoms with van der Waals surface area (Å²) in [5, 5.41) is 0. The molecule has 0 aromatic carbocycles. The van der Waals surface area contributed by atoms with Gasteiger partial charge in [0.2, 0.25) is 0 Å². The highest BCUT2D eigenvalue weighted by Crippen LogP contribution is 1.90. The van der Waals surface area contributed by atoms with E-state index in [1.807, 2.05) is 0 Å². The molecular weight excluding hydrogens is 91.3 g/mol. The average Bonchev–Trinajstić information content (AvgIpc) is 1.64. The van der Waals surface area contributed by atoms with Crippen molar-refractivity contribution in [3.63, 3.8) is 0 Å². The minimum absolute atomic E-state index is 0.370. The summed E-state index contributed by atoms with van der Waals surface area (Å²) in [7, 11) is 5.76. The van der Waals surface area contributed by atoms with Crippen molar-refractivity contribution in [1.29, 1.82) is 0 Å². The van der Waals surface area contributed by atoms with Crippen LogP contribution < -0.4 is 0 Å². The van der Waals surface area contributed by atoms with Crippen LogP contribution >= 0.6 is 0 Å². The second-order valence-electron chi connectivity index (χ2n) is 3.07. The fourth-order valence-corrected chi connectivity index (χ4v) is 0.770. The van der Waals surface area contributed by atoms with Gasteiger partial charge >= 0.3 is 0 Å². The van der Waals surface area contributed by atoms with Gasteiger partial charge in [-0.05, 0) is 0 Å². The Kier molecular flexibility index (Phi) is 3.43. The molecule has 0 nitrogen and oxygen atoms in total. The molecule has 0 unspecified atom stereocenters. The molecule has 0 aliphatic heterocycles. The monoisotopic (exact) mass is 104 g/mol. The SMILES string of the molecule is [B]B(B(C)C)B(C)C. The Bertz CT molecular complexity index is 53.1. The Morgan fingerprint density at radius 3 is 1.12 bits per heavy atom. The molecule has 0 aromatic rings. The molecule has 0 aromatic heterocycles. The van der Waals surface area contributed by atoms with Crippen molar-refractivity contribution in [3.8, 4) is 0 Å². The Hall–Kier alpha value is 0.260. The van der Waals surface area contributed by atoms with Crippen LogP contribution in [-0.4, -0.2) is 27.3 Å². The lowest BCUT2D eigenvalue weighted by atomic mass is 8.83. The van der Waals surface area contributed by atoms with E-state index in [-0.39, 0.29) is 0 Å². The minimum atomic E-state index is 0.370. The van der Waals surface area contributed by atoms with Gasteiger partial charge < -0.3 is 0 Å². The maximum absolute atomic E-state index is 5.76. The van der Waals surface area contributed by atoms with Gasteiger partial charge in [-0.25, -0.2) is 0 Å². The first-order chi connectivity index (χ1) is 3.55. The summed E-state index contributed by atoms with van der Waals surface area (Å²) in [6.07, 6.45) is 0.370. The number of hydrogen-bond donors (Lipinski definition) is 0. The topological polar surface area (TPSA) is 0 Å². The first kappa shape index (κ1) is 8.26. The second kappa shape index (κ2) is 3.32. The summed E-state index contributed by atoms with van der Waals surface area (Å²) in [6, 6.07) is 0. The van der Waals surface area contributed by atoms with E-state index in [2.05, 4.69) is 27.3 Å². The largest absolute Gasteiger partial charge is 0.0937 e. The van der Waals surface area contributed by atoms with Crippen molar-refractivity contribution < 1.29 is 0 Å². The molecule has 4 heteroatoms. The molecule has 0 saturated heterocycles. The zero-order chi connectivity index (χ0) is 6.73. The normalized spacial score (nSPS) is 8.50. The van der Waals surface area contributed by atoms with E-state index in [1.165, 1.54) is 0 Å². The summed E-state index contributed by atoms with van der Waals surface area (Å²) in [5.41, 5.74) is 0. The summed E-state index contributed by atoms with van der Waals surface area (Å²) in [4.78, 5) is 0. The van der Waals surface area contributed by atoms with E-state index in [4.69, 9.17) is 7.74 Å². The number of rotatable bonds is 2. The van der Waals surface area contributed by atoms with Crippen molar-refractivity contribution in [2.45, 2.75) is 27.3 Å². The molecule has 0 fully saturated rings. The van der Waals surface area contributed by atoms with Gasteiger partial charge in [0.15, 0.2) is 0 Å². The summed E-state index contributed by atoms with van der Waals surface area (Å²) >= 11 is 0. The van der Waals surface area contributed by atoms with Gasteiger partial charge in [0.05, 0.1) is 13.2 Å². The maximum Gasteiger partial charge on any atom is 0.0850 e. The van der Waals surface area contributed by atoms with Crippen LogP contribution in [0.5, 0.6) is 0 Å². The highest BCUT2D eigenvalue weighted by atomic mass is 13.3. The molecule has 0 amide bonds. The molecule has 0 saturated carbocycles. The predicted octanol–water partition coefficient (Wildman–Crippen LogP) is 0.812. The molecule has 2 radical (unpaired) electrons. The van der Waals surface area contributed by atoms with E-state index in [0.29, 0.717) is 19.6 Å². The summed E-state index contributed by atoms with van der Waals surface area (Å²) < 4.78 is 0. The maximum atomic E-state index is 5.76. The van der Waals surface area contributed by atoms with Crippen LogP contribution in [0.1, 0.15) is 0 Å². The second-order valence-corrected chi connectivity index (χ2v) is 3.07. The third-order valence-electron chi connectivity index (χ3n) is 1.54. The van der Waals surface area contributed by atoms with Crippen LogP contribution in [0.3, 0.4) is 0 Å². The molecular formula is C4H12B4. The standard InChI is InChI=1S/C4H12B4/c1-6(2)8(5)7(3)4/h1-4H3. The van der Waals surface area contributed by atoms with Gasteiger partial charge in [0.1, 0.15) is 0 Å². The van der Waals surface area contributed by atoms with Gasteiger partial charge in [-0.1, -0.05) is 27.3 Å². The van der Waals surface area contributed by atoms with Crippen LogP contribution in [-0.2, 0) is 0 Å². The molecule has 0 aliphatic rings. The van der Waals surface area contributed by atoms with Crippen LogP contribution in [0.4, 0.5) is 0 Å². The zero-order valence-corrected chi connectivity index (χ0v) is 6.31. The minimum Gasteiger partial charge on any atom is -0.0937 e. The lowest BCUT2D eigenvalue weighted by Gasteiger charge is -2.11. The van der Waals surface area contributed by atoms with Crippen molar-refractivity contribution in [2.24, 2.45) is 0 Å². The lowest BCUT2D eigenvalue weighted by Crippen LogP contribution is -2.42. The Morgan fingerprint density at radius 2 is 1.12 bits per heavy atom. The van der Waals surface area contributed by atoms with E-state index in [0.717, 1.165) is 0 Å². The average molecular weight is 103 g/mol. The fourth-order valence-electron chi connectivity index (χ4n) is 0.770. The molecule has 0 heterocycles. The van der Waals surface area contributed by atoms with Gasteiger partial charge in [-0.15, -0.1) is 0 Å². The molecule has 0 rings (SSSR count). The van der Waals surface area contributed by atoms with Gasteiger partial charge in [0, 0.05) is 14.1 Å². The van der Waals surface area contributed by atoms with Crippen molar-refractivity contribution >= 4 is 27.3 Å². The van der Waals surface area contributed by atoms with E-state index in [1.54, 1.807) is 0 Å². The lowest BCUT2D eigenvalue weighted by molar-refractivity contribution is 2.05. The smallest absolute Gasteiger partial charge is 0.0850 e. The van der Waals surface area contributed by atoms with Crippen LogP contribution in [0.15, 0.2) is 0 Å². The third-order valence-corrected chi connectivity index (χ3v) is 1.54. The van der Waals surface area contributed by atoms with Gasteiger partial charge in [0.25, 0.3) is 0 Å². The fraction of sp³-hybridized carbons (Fsp3) is 1.00. The van der Waals surface area contributed by atoms with Crippen LogP contribution in [0, 0.1) is 0 Å². The van der Waals surface area contributed by atoms with Crippen molar-refractivity contribution in [2.75, 3.05) is 0 Å². The predicted molar refractivity (Wildman–Crippen MR) is 46.5 cm³/mol. The quantitative estimate of drug-likeness (QED) is 0.454. The molecule has 40 valence electrons.